The lowest BCUT2D eigenvalue weighted by atomic mass is 9.98. The van der Waals surface area contributed by atoms with Crippen LogP contribution in [0.4, 0.5) is 5.82 Å². The number of nitrogens with one attached hydrogen (secondary N) is 1. The van der Waals surface area contributed by atoms with Gasteiger partial charge in [-0.3, -0.25) is 4.79 Å². The predicted molar refractivity (Wildman–Crippen MR) is 107 cm³/mol. The maximum Gasteiger partial charge on any atom is 0.245 e. The van der Waals surface area contributed by atoms with E-state index in [4.69, 9.17) is 10.5 Å². The average molecular weight is 396 g/mol. The van der Waals surface area contributed by atoms with Crippen LogP contribution in [0.3, 0.4) is 0 Å². The molecule has 1 saturated carbocycles. The van der Waals surface area contributed by atoms with E-state index in [0.29, 0.717) is 5.82 Å². The van der Waals surface area contributed by atoms with Crippen LogP contribution in [-0.4, -0.2) is 23.0 Å². The molecular weight excluding hydrogens is 373 g/mol. The van der Waals surface area contributed by atoms with Gasteiger partial charge in [0.05, 0.1) is 17.8 Å². The zero-order chi connectivity index (χ0) is 16.6. The largest absolute Gasteiger partial charge is 0.493 e. The molecule has 0 radical (unpaired) electrons. The van der Waals surface area contributed by atoms with Crippen LogP contribution in [0, 0.1) is 0 Å². The van der Waals surface area contributed by atoms with Gasteiger partial charge in [-0.2, -0.15) is 0 Å². The zero-order valence-corrected chi connectivity index (χ0v) is 16.0. The monoisotopic (exact) mass is 395 g/mol. The fourth-order valence-corrected chi connectivity index (χ4v) is 3.48. The highest BCUT2D eigenvalue weighted by molar-refractivity contribution is 5.97. The highest BCUT2D eigenvalue weighted by Crippen LogP contribution is 2.31. The van der Waals surface area contributed by atoms with Crippen LogP contribution in [0.25, 0.3) is 11.3 Å². The zero-order valence-electron chi connectivity index (χ0n) is 14.4. The minimum absolute atomic E-state index is 0. The minimum atomic E-state index is -0.747. The molecule has 2 heterocycles. The summed E-state index contributed by atoms with van der Waals surface area (Å²) in [5, 5.41) is 2.89. The second-order valence-corrected chi connectivity index (χ2v) is 6.65. The Morgan fingerprint density at radius 2 is 1.92 bits per heavy atom. The van der Waals surface area contributed by atoms with E-state index in [-0.39, 0.29) is 30.7 Å². The Balaban J connectivity index is 0.00000121. The Labute approximate surface area is 165 Å². The SMILES string of the molecule is Cl.Cl.NC1(C(=O)Nc2cccc(-c3ccc4c(c3)CCO4)n2)CCCC1. The molecule has 1 aliphatic carbocycles. The van der Waals surface area contributed by atoms with Gasteiger partial charge in [0.25, 0.3) is 0 Å². The average Bonchev–Trinajstić information content (AvgIpc) is 3.24. The van der Waals surface area contributed by atoms with Crippen molar-refractivity contribution in [3.05, 3.63) is 42.0 Å². The number of pyridine rings is 1. The number of fused-ring (bicyclic) bond motifs is 1. The van der Waals surface area contributed by atoms with Gasteiger partial charge < -0.3 is 15.8 Å². The topological polar surface area (TPSA) is 77.2 Å². The molecule has 26 heavy (non-hydrogen) atoms. The summed E-state index contributed by atoms with van der Waals surface area (Å²) in [4.78, 5) is 17.0. The molecule has 1 aromatic heterocycles. The number of ether oxygens (including phenoxy) is 1. The van der Waals surface area contributed by atoms with Gasteiger partial charge in [0.15, 0.2) is 0 Å². The number of amides is 1. The molecular formula is C19H23Cl2N3O2. The highest BCUT2D eigenvalue weighted by atomic mass is 35.5. The maximum absolute atomic E-state index is 12.4. The van der Waals surface area contributed by atoms with E-state index < -0.39 is 5.54 Å². The van der Waals surface area contributed by atoms with Gasteiger partial charge in [-0.25, -0.2) is 4.98 Å². The maximum atomic E-state index is 12.4. The van der Waals surface area contributed by atoms with Gasteiger partial charge in [-0.1, -0.05) is 18.9 Å². The van der Waals surface area contributed by atoms with Crippen LogP contribution in [0.2, 0.25) is 0 Å². The lowest BCUT2D eigenvalue weighted by Crippen LogP contribution is -2.48. The van der Waals surface area contributed by atoms with Gasteiger partial charge in [-0.15, -0.1) is 24.8 Å². The summed E-state index contributed by atoms with van der Waals surface area (Å²) in [6.07, 6.45) is 4.42. The van der Waals surface area contributed by atoms with Gasteiger partial charge in [-0.05, 0) is 48.7 Å². The standard InChI is InChI=1S/C19H21N3O2.2ClH/c20-19(9-1-2-10-19)18(23)22-17-5-3-4-15(21-17)13-6-7-16-14(12-13)8-11-24-16;;/h3-7,12H,1-2,8-11,20H2,(H,21,22,23);2*1H. The molecule has 0 saturated heterocycles. The first-order valence-corrected chi connectivity index (χ1v) is 8.48. The molecule has 1 fully saturated rings. The van der Waals surface area contributed by atoms with Crippen molar-refractivity contribution in [1.82, 2.24) is 4.98 Å². The molecule has 1 amide bonds. The van der Waals surface area contributed by atoms with Crippen molar-refractivity contribution in [3.63, 3.8) is 0 Å². The quantitative estimate of drug-likeness (QED) is 0.829. The third-order valence-electron chi connectivity index (χ3n) is 4.92. The van der Waals surface area contributed by atoms with Crippen molar-refractivity contribution in [2.45, 2.75) is 37.6 Å². The number of halogens is 2. The van der Waals surface area contributed by atoms with Crippen molar-refractivity contribution in [2.24, 2.45) is 5.73 Å². The van der Waals surface area contributed by atoms with Crippen molar-refractivity contribution >= 4 is 36.5 Å². The summed E-state index contributed by atoms with van der Waals surface area (Å²) in [5.74, 6) is 1.37. The Morgan fingerprint density at radius 3 is 2.69 bits per heavy atom. The number of hydrogen-bond donors (Lipinski definition) is 2. The smallest absolute Gasteiger partial charge is 0.245 e. The van der Waals surface area contributed by atoms with E-state index in [1.54, 1.807) is 6.07 Å². The molecule has 1 aromatic carbocycles. The van der Waals surface area contributed by atoms with Crippen LogP contribution >= 0.6 is 24.8 Å². The molecule has 5 nitrogen and oxygen atoms in total. The molecule has 4 rings (SSSR count). The lowest BCUT2D eigenvalue weighted by molar-refractivity contribution is -0.121. The summed E-state index contributed by atoms with van der Waals surface area (Å²) in [6.45, 7) is 0.737. The number of hydrogen-bond acceptors (Lipinski definition) is 4. The van der Waals surface area contributed by atoms with Gasteiger partial charge in [0, 0.05) is 12.0 Å². The summed E-state index contributed by atoms with van der Waals surface area (Å²) in [7, 11) is 0. The van der Waals surface area contributed by atoms with Crippen molar-refractivity contribution in [3.8, 4) is 17.0 Å². The molecule has 3 N–H and O–H groups in total. The second-order valence-electron chi connectivity index (χ2n) is 6.65. The number of rotatable bonds is 3. The molecule has 0 spiro atoms. The fraction of sp³-hybridized carbons (Fsp3) is 0.368. The van der Waals surface area contributed by atoms with E-state index in [0.717, 1.165) is 55.7 Å². The van der Waals surface area contributed by atoms with E-state index in [1.807, 2.05) is 24.3 Å². The summed E-state index contributed by atoms with van der Waals surface area (Å²) < 4.78 is 5.54. The number of anilines is 1. The van der Waals surface area contributed by atoms with E-state index in [2.05, 4.69) is 16.4 Å². The molecule has 0 unspecified atom stereocenters. The molecule has 2 aromatic rings. The normalized spacial score (nSPS) is 16.7. The Morgan fingerprint density at radius 1 is 1.15 bits per heavy atom. The van der Waals surface area contributed by atoms with Crippen LogP contribution in [-0.2, 0) is 11.2 Å². The minimum Gasteiger partial charge on any atom is -0.493 e. The number of carbonyl (C=O) groups is 1. The van der Waals surface area contributed by atoms with Gasteiger partial charge in [0.1, 0.15) is 11.6 Å². The molecule has 0 bridgehead atoms. The summed E-state index contributed by atoms with van der Waals surface area (Å²) in [6, 6.07) is 11.7. The van der Waals surface area contributed by atoms with Gasteiger partial charge in [0.2, 0.25) is 5.91 Å². The van der Waals surface area contributed by atoms with E-state index >= 15 is 0 Å². The number of nitrogens with two attached hydrogens (primary N) is 1. The summed E-state index contributed by atoms with van der Waals surface area (Å²) in [5.41, 5.74) is 8.52. The third-order valence-corrected chi connectivity index (χ3v) is 4.92. The lowest BCUT2D eigenvalue weighted by Gasteiger charge is -2.22. The Bertz CT molecular complexity index is 792. The van der Waals surface area contributed by atoms with Crippen LogP contribution in [0.1, 0.15) is 31.2 Å². The van der Waals surface area contributed by atoms with E-state index in [1.165, 1.54) is 5.56 Å². The van der Waals surface area contributed by atoms with Crippen molar-refractivity contribution in [2.75, 3.05) is 11.9 Å². The molecule has 0 atom stereocenters. The van der Waals surface area contributed by atoms with Crippen LogP contribution < -0.4 is 15.8 Å². The molecule has 1 aliphatic heterocycles. The predicted octanol–water partition coefficient (Wildman–Crippen LogP) is 3.74. The number of nitrogens with zero attached hydrogens (tertiary/aromatic N) is 1. The van der Waals surface area contributed by atoms with Crippen LogP contribution in [0.5, 0.6) is 5.75 Å². The summed E-state index contributed by atoms with van der Waals surface area (Å²) >= 11 is 0. The van der Waals surface area contributed by atoms with Crippen molar-refractivity contribution < 1.29 is 9.53 Å². The second kappa shape index (κ2) is 8.25. The third kappa shape index (κ3) is 3.95. The van der Waals surface area contributed by atoms with Crippen molar-refractivity contribution in [1.29, 1.82) is 0 Å². The number of benzene rings is 1. The molecule has 140 valence electrons. The van der Waals surface area contributed by atoms with E-state index in [9.17, 15) is 4.79 Å². The first-order chi connectivity index (χ1) is 11.6. The first-order valence-electron chi connectivity index (χ1n) is 8.48. The Kier molecular flexibility index (Phi) is 6.50. The molecule has 2 aliphatic rings. The first kappa shape index (κ1) is 20.5. The molecule has 7 heteroatoms. The number of aromatic nitrogens is 1. The fourth-order valence-electron chi connectivity index (χ4n) is 3.48. The Hall–Kier alpha value is -1.82. The van der Waals surface area contributed by atoms with Gasteiger partial charge >= 0.3 is 0 Å². The van der Waals surface area contributed by atoms with Crippen LogP contribution in [0.15, 0.2) is 36.4 Å². The highest BCUT2D eigenvalue weighted by Gasteiger charge is 2.37. The number of carbonyl (C=O) groups excluding carboxylic acids is 1.